The number of rotatable bonds is 1. The van der Waals surface area contributed by atoms with Crippen molar-refractivity contribution in [3.63, 3.8) is 0 Å². The molecule has 0 fully saturated rings. The van der Waals surface area contributed by atoms with Crippen molar-refractivity contribution >= 4 is 20.0 Å². The number of nitrogens with zero attached hydrogens (tertiary/aromatic N) is 1. The molecule has 7 heteroatoms. The molecule has 2 nitrogen and oxygen atoms in total. The minimum Gasteiger partial charge on any atom is -1.00 e. The molecule has 0 unspecified atom stereocenters. The first kappa shape index (κ1) is 24.5. The fraction of sp³-hybridized carbons (Fsp3) is 0.125. The van der Waals surface area contributed by atoms with Gasteiger partial charge in [-0.15, -0.1) is 0 Å². The van der Waals surface area contributed by atoms with E-state index in [0.29, 0.717) is 5.02 Å². The summed E-state index contributed by atoms with van der Waals surface area (Å²) in [6.45, 7) is 0. The first-order chi connectivity index (χ1) is 5.22. The third kappa shape index (κ3) is 9.25. The Morgan fingerprint density at radius 1 is 1.20 bits per heavy atom. The van der Waals surface area contributed by atoms with Crippen LogP contribution in [0.4, 0.5) is 0 Å². The largest absolute Gasteiger partial charge is 3.00 e. The summed E-state index contributed by atoms with van der Waals surface area (Å²) in [5.74, 6) is 0.0998. The zero-order valence-electron chi connectivity index (χ0n) is 7.42. The van der Waals surface area contributed by atoms with Crippen molar-refractivity contribution in [1.82, 2.24) is 0 Å². The number of benzene rings is 1. The van der Waals surface area contributed by atoms with Crippen LogP contribution in [-0.2, 0) is 6.42 Å². The van der Waals surface area contributed by atoms with Gasteiger partial charge in [0.25, 0.3) is 0 Å². The van der Waals surface area contributed by atoms with Crippen molar-refractivity contribution in [2.24, 2.45) is 0 Å². The van der Waals surface area contributed by atoms with Crippen molar-refractivity contribution < 1.29 is 56.1 Å². The second kappa shape index (κ2) is 12.4. The summed E-state index contributed by atoms with van der Waals surface area (Å²) in [6.07, 6.45) is 0.272. The first-order valence-corrected chi connectivity index (χ1v) is 3.45. The van der Waals surface area contributed by atoms with Crippen molar-refractivity contribution in [3.8, 4) is 11.8 Å². The van der Waals surface area contributed by atoms with Crippen LogP contribution in [0, 0.1) is 11.3 Å². The van der Waals surface area contributed by atoms with Crippen LogP contribution in [-0.4, -0.2) is 13.5 Å². The topological polar surface area (TPSA) is 44.0 Å². The molecule has 0 aliphatic carbocycles. The van der Waals surface area contributed by atoms with Gasteiger partial charge in [0, 0.05) is 5.02 Å². The quantitative estimate of drug-likeness (QED) is 0.461. The van der Waals surface area contributed by atoms with E-state index in [0.717, 1.165) is 5.56 Å². The average molecular weight is 418 g/mol. The van der Waals surface area contributed by atoms with Gasteiger partial charge in [0.05, 0.1) is 12.5 Å². The van der Waals surface area contributed by atoms with Gasteiger partial charge >= 0.3 is 8.41 Å². The maximum Gasteiger partial charge on any atom is 3.00 e. The monoisotopic (exact) mass is 415 g/mol. The molecule has 1 rings (SSSR count). The van der Waals surface area contributed by atoms with E-state index < -0.39 is 0 Å². The Hall–Kier alpha value is 0.305. The van der Waals surface area contributed by atoms with Crippen LogP contribution in [0.2, 0.25) is 5.02 Å². The van der Waals surface area contributed by atoms with Gasteiger partial charge in [-0.25, -0.2) is 0 Å². The van der Waals surface area contributed by atoms with E-state index in [4.69, 9.17) is 22.0 Å². The summed E-state index contributed by atoms with van der Waals surface area (Å²) in [7, 11) is 0. The van der Waals surface area contributed by atoms with Gasteiger partial charge in [0.1, 0.15) is 5.75 Å². The minimum atomic E-state index is 0. The van der Waals surface area contributed by atoms with Crippen molar-refractivity contribution in [2.45, 2.75) is 6.42 Å². The first-order valence-electron chi connectivity index (χ1n) is 3.08. The van der Waals surface area contributed by atoms with Gasteiger partial charge in [0.2, 0.25) is 0 Å². The van der Waals surface area contributed by atoms with E-state index in [1.165, 1.54) is 12.1 Å². The summed E-state index contributed by atoms with van der Waals surface area (Å²) in [6, 6.07) is 6.58. The predicted octanol–water partition coefficient (Wildman–Crippen LogP) is -7.26. The Balaban J connectivity index is -0.000000151. The molecule has 0 spiro atoms. The Kier molecular flexibility index (Phi) is 20.2. The number of phenols is 1. The molecule has 0 heterocycles. The van der Waals surface area contributed by atoms with Gasteiger partial charge in [-0.1, -0.05) is 11.6 Å². The number of hydrogen-bond acceptors (Lipinski definition) is 2. The Morgan fingerprint density at radius 3 is 2.13 bits per heavy atom. The standard InChI is InChI=1S/C8H6ClNO.B.3BrH/c9-7-3-6(1-2-10)4-8(11)5-7;;;;/h3-5,11H,1H2;;3*1H/q;+3;;;/p-3. The van der Waals surface area contributed by atoms with Crippen molar-refractivity contribution in [1.29, 1.82) is 5.26 Å². The van der Waals surface area contributed by atoms with Crippen molar-refractivity contribution in [2.75, 3.05) is 0 Å². The molecular formula is C8H6BBr3ClNO. The fourth-order valence-electron chi connectivity index (χ4n) is 0.827. The third-order valence-corrected chi connectivity index (χ3v) is 1.44. The number of hydrogen-bond donors (Lipinski definition) is 1. The second-order valence-corrected chi connectivity index (χ2v) is 2.59. The number of nitriles is 1. The van der Waals surface area contributed by atoms with Gasteiger partial charge in [-0.05, 0) is 23.8 Å². The van der Waals surface area contributed by atoms with Crippen LogP contribution in [0.3, 0.4) is 0 Å². The van der Waals surface area contributed by atoms with Crippen LogP contribution in [0.1, 0.15) is 5.56 Å². The van der Waals surface area contributed by atoms with E-state index >= 15 is 0 Å². The number of aromatic hydroxyl groups is 1. The summed E-state index contributed by atoms with van der Waals surface area (Å²) in [4.78, 5) is 0. The summed E-state index contributed by atoms with van der Waals surface area (Å²) in [5, 5.41) is 17.8. The zero-order valence-corrected chi connectivity index (χ0v) is 12.9. The van der Waals surface area contributed by atoms with E-state index in [2.05, 4.69) is 0 Å². The van der Waals surface area contributed by atoms with Crippen molar-refractivity contribution in [3.05, 3.63) is 28.8 Å². The van der Waals surface area contributed by atoms with Gasteiger partial charge in [0.15, 0.2) is 0 Å². The maximum atomic E-state index is 9.03. The molecule has 15 heavy (non-hydrogen) atoms. The molecule has 0 saturated carbocycles. The molecule has 0 atom stereocenters. The molecule has 0 aliphatic rings. The van der Waals surface area contributed by atoms with Gasteiger partial charge < -0.3 is 56.1 Å². The minimum absolute atomic E-state index is 0. The molecule has 1 N–H and O–H groups in total. The molecule has 0 saturated heterocycles. The van der Waals surface area contributed by atoms with Crippen LogP contribution in [0.25, 0.3) is 0 Å². The van der Waals surface area contributed by atoms with E-state index in [9.17, 15) is 0 Å². The van der Waals surface area contributed by atoms with Crippen LogP contribution in [0.5, 0.6) is 5.75 Å². The Bertz CT molecular complexity index is 299. The summed E-state index contributed by atoms with van der Waals surface area (Å²) < 4.78 is 0. The second-order valence-electron chi connectivity index (χ2n) is 2.15. The summed E-state index contributed by atoms with van der Waals surface area (Å²) >= 11 is 5.62. The Labute approximate surface area is 128 Å². The molecule has 0 aromatic heterocycles. The van der Waals surface area contributed by atoms with Crippen LogP contribution >= 0.6 is 11.6 Å². The molecule has 80 valence electrons. The maximum absolute atomic E-state index is 9.03. The van der Waals surface area contributed by atoms with E-state index in [-0.39, 0.29) is 71.5 Å². The molecule has 0 aliphatic heterocycles. The molecule has 0 radical (unpaired) electrons. The SMILES string of the molecule is N#CCc1cc(O)cc(Cl)c1.[B+3].[Br-].[Br-].[Br-]. The molecule has 1 aromatic rings. The predicted molar refractivity (Wildman–Crippen MR) is 48.2 cm³/mol. The molecule has 0 amide bonds. The zero-order chi connectivity index (χ0) is 8.27. The average Bonchev–Trinajstić information content (AvgIpc) is 1.85. The molecule has 1 aromatic carbocycles. The van der Waals surface area contributed by atoms with E-state index in [1.54, 1.807) is 6.07 Å². The van der Waals surface area contributed by atoms with Crippen LogP contribution < -0.4 is 50.9 Å². The normalized spacial score (nSPS) is 6.67. The Morgan fingerprint density at radius 2 is 1.73 bits per heavy atom. The van der Waals surface area contributed by atoms with Gasteiger partial charge in [-0.3, -0.25) is 0 Å². The van der Waals surface area contributed by atoms with Crippen LogP contribution in [0.15, 0.2) is 18.2 Å². The number of phenolic OH excluding ortho intramolecular Hbond substituents is 1. The molecule has 0 bridgehead atoms. The third-order valence-electron chi connectivity index (χ3n) is 1.23. The number of halogens is 4. The fourth-order valence-corrected chi connectivity index (χ4v) is 1.08. The summed E-state index contributed by atoms with van der Waals surface area (Å²) in [5.41, 5.74) is 0.734. The smallest absolute Gasteiger partial charge is 1.00 e. The van der Waals surface area contributed by atoms with E-state index in [1.807, 2.05) is 6.07 Å². The van der Waals surface area contributed by atoms with Gasteiger partial charge in [-0.2, -0.15) is 5.26 Å². The molecular weight excluding hydrogens is 412 g/mol.